The van der Waals surface area contributed by atoms with Crippen molar-refractivity contribution in [1.82, 2.24) is 20.2 Å². The summed E-state index contributed by atoms with van der Waals surface area (Å²) in [5, 5.41) is 12.7. The van der Waals surface area contributed by atoms with Gasteiger partial charge in [-0.15, -0.1) is 5.10 Å². The number of methoxy groups -OCH3 is 1. The van der Waals surface area contributed by atoms with Crippen LogP contribution in [-0.4, -0.2) is 33.1 Å². The van der Waals surface area contributed by atoms with Crippen molar-refractivity contribution in [2.24, 2.45) is 5.92 Å². The normalized spacial score (nSPS) is 14.7. The summed E-state index contributed by atoms with van der Waals surface area (Å²) in [5.41, 5.74) is 0.957. The molecule has 2 aromatic rings. The van der Waals surface area contributed by atoms with Crippen molar-refractivity contribution in [3.8, 4) is 11.4 Å². The fraction of sp³-hybridized carbons (Fsp3) is 0.417. The van der Waals surface area contributed by atoms with Gasteiger partial charge >= 0.3 is 0 Å². The van der Waals surface area contributed by atoms with Crippen LogP contribution in [0.5, 0.6) is 5.75 Å². The highest BCUT2D eigenvalue weighted by Gasteiger charge is 2.22. The van der Waals surface area contributed by atoms with Crippen LogP contribution in [0.15, 0.2) is 29.4 Å². The van der Waals surface area contributed by atoms with E-state index in [1.807, 2.05) is 24.3 Å². The van der Waals surface area contributed by atoms with Gasteiger partial charge in [0.15, 0.2) is 0 Å². The van der Waals surface area contributed by atoms with Gasteiger partial charge in [0.25, 0.3) is 0 Å². The van der Waals surface area contributed by atoms with Crippen LogP contribution in [-0.2, 0) is 0 Å². The second kappa shape index (κ2) is 4.97. The van der Waals surface area contributed by atoms with E-state index in [0.717, 1.165) is 28.3 Å². The van der Waals surface area contributed by atoms with Gasteiger partial charge < -0.3 is 4.74 Å². The molecule has 1 aromatic heterocycles. The molecule has 1 aliphatic rings. The molecule has 18 heavy (non-hydrogen) atoms. The van der Waals surface area contributed by atoms with Crippen LogP contribution < -0.4 is 4.74 Å². The number of benzene rings is 1. The number of tetrazole rings is 1. The van der Waals surface area contributed by atoms with Gasteiger partial charge in [-0.05, 0) is 53.5 Å². The number of hydrogen-bond acceptors (Lipinski definition) is 5. The van der Waals surface area contributed by atoms with Crippen LogP contribution in [0, 0.1) is 5.92 Å². The number of hydrogen-bond donors (Lipinski definition) is 0. The molecule has 1 heterocycles. The summed E-state index contributed by atoms with van der Waals surface area (Å²) in [6.45, 7) is 0. The van der Waals surface area contributed by atoms with Gasteiger partial charge in [0.05, 0.1) is 12.8 Å². The maximum atomic E-state index is 5.14. The average molecular weight is 262 g/mol. The van der Waals surface area contributed by atoms with Crippen molar-refractivity contribution in [2.45, 2.75) is 18.0 Å². The monoisotopic (exact) mass is 262 g/mol. The van der Waals surface area contributed by atoms with E-state index in [0.29, 0.717) is 0 Å². The zero-order chi connectivity index (χ0) is 12.4. The third kappa shape index (κ3) is 2.48. The maximum absolute atomic E-state index is 5.14. The lowest BCUT2D eigenvalue weighted by Gasteiger charge is -2.05. The number of nitrogens with zero attached hydrogens (tertiary/aromatic N) is 4. The van der Waals surface area contributed by atoms with Crippen LogP contribution >= 0.6 is 11.8 Å². The van der Waals surface area contributed by atoms with Gasteiger partial charge in [-0.25, -0.2) is 0 Å². The second-order valence-electron chi connectivity index (χ2n) is 4.33. The summed E-state index contributed by atoms with van der Waals surface area (Å²) in [7, 11) is 1.66. The maximum Gasteiger partial charge on any atom is 0.214 e. The van der Waals surface area contributed by atoms with Gasteiger partial charge in [-0.3, -0.25) is 0 Å². The third-order valence-corrected chi connectivity index (χ3v) is 4.05. The second-order valence-corrected chi connectivity index (χ2v) is 5.31. The summed E-state index contributed by atoms with van der Waals surface area (Å²) in [6, 6.07) is 7.73. The molecular weight excluding hydrogens is 248 g/mol. The summed E-state index contributed by atoms with van der Waals surface area (Å²) in [6.07, 6.45) is 2.69. The first kappa shape index (κ1) is 11.5. The van der Waals surface area contributed by atoms with E-state index in [2.05, 4.69) is 15.5 Å². The van der Waals surface area contributed by atoms with Gasteiger partial charge in [0.1, 0.15) is 5.75 Å². The van der Waals surface area contributed by atoms with Crippen molar-refractivity contribution >= 4 is 11.8 Å². The Balaban J connectivity index is 1.78. The van der Waals surface area contributed by atoms with Crippen LogP contribution in [0.4, 0.5) is 0 Å². The molecule has 0 spiro atoms. The molecule has 1 aliphatic carbocycles. The largest absolute Gasteiger partial charge is 0.497 e. The molecule has 0 atom stereocenters. The number of ether oxygens (including phenoxy) is 1. The van der Waals surface area contributed by atoms with Crippen molar-refractivity contribution in [1.29, 1.82) is 0 Å². The Bertz CT molecular complexity index is 521. The van der Waals surface area contributed by atoms with E-state index in [4.69, 9.17) is 4.74 Å². The number of thioether (sulfide) groups is 1. The minimum atomic E-state index is 0.832. The molecule has 5 nitrogen and oxygen atoms in total. The molecule has 1 fully saturated rings. The van der Waals surface area contributed by atoms with Crippen LogP contribution in [0.3, 0.4) is 0 Å². The molecule has 0 aliphatic heterocycles. The Morgan fingerprint density at radius 2 is 2.11 bits per heavy atom. The van der Waals surface area contributed by atoms with E-state index < -0.39 is 0 Å². The average Bonchev–Trinajstić information content (AvgIpc) is 3.14. The van der Waals surface area contributed by atoms with E-state index in [1.54, 1.807) is 23.6 Å². The fourth-order valence-corrected chi connectivity index (χ4v) is 2.71. The van der Waals surface area contributed by atoms with E-state index in [1.165, 1.54) is 12.8 Å². The third-order valence-electron chi connectivity index (χ3n) is 2.90. The molecule has 0 N–H and O–H groups in total. The first-order chi connectivity index (χ1) is 8.86. The summed E-state index contributed by atoms with van der Waals surface area (Å²) in [5.74, 6) is 2.80. The zero-order valence-corrected chi connectivity index (χ0v) is 10.9. The highest BCUT2D eigenvalue weighted by Crippen LogP contribution is 2.34. The molecule has 6 heteroatoms. The van der Waals surface area contributed by atoms with Crippen LogP contribution in [0.1, 0.15) is 12.8 Å². The van der Waals surface area contributed by atoms with E-state index in [9.17, 15) is 0 Å². The summed E-state index contributed by atoms with van der Waals surface area (Å²) in [4.78, 5) is 0. The number of rotatable bonds is 5. The predicted octanol–water partition coefficient (Wildman–Crippen LogP) is 2.17. The molecule has 0 bridgehead atoms. The predicted molar refractivity (Wildman–Crippen MR) is 69.2 cm³/mol. The van der Waals surface area contributed by atoms with Crippen molar-refractivity contribution in [2.75, 3.05) is 12.9 Å². The molecule has 1 saturated carbocycles. The first-order valence-corrected chi connectivity index (χ1v) is 6.91. The van der Waals surface area contributed by atoms with E-state index >= 15 is 0 Å². The Labute approximate surface area is 110 Å². The lowest BCUT2D eigenvalue weighted by atomic mass is 10.3. The zero-order valence-electron chi connectivity index (χ0n) is 10.1. The van der Waals surface area contributed by atoms with Crippen molar-refractivity contribution < 1.29 is 4.74 Å². The minimum Gasteiger partial charge on any atom is -0.497 e. The summed E-state index contributed by atoms with van der Waals surface area (Å²) >= 11 is 1.72. The smallest absolute Gasteiger partial charge is 0.214 e. The quantitative estimate of drug-likeness (QED) is 0.773. The van der Waals surface area contributed by atoms with E-state index in [-0.39, 0.29) is 0 Å². The lowest BCUT2D eigenvalue weighted by molar-refractivity contribution is 0.414. The Morgan fingerprint density at radius 1 is 1.33 bits per heavy atom. The molecule has 0 amide bonds. The molecule has 0 radical (unpaired) electrons. The van der Waals surface area contributed by atoms with Gasteiger partial charge in [-0.1, -0.05) is 11.8 Å². The molecule has 0 saturated heterocycles. The lowest BCUT2D eigenvalue weighted by Crippen LogP contribution is -1.99. The highest BCUT2D eigenvalue weighted by atomic mass is 32.2. The van der Waals surface area contributed by atoms with Crippen molar-refractivity contribution in [3.63, 3.8) is 0 Å². The SMILES string of the molecule is COc1ccc(-n2nnnc2SCC2CC2)cc1. The van der Waals surface area contributed by atoms with Gasteiger partial charge in [0, 0.05) is 5.75 Å². The first-order valence-electron chi connectivity index (χ1n) is 5.92. The van der Waals surface area contributed by atoms with Gasteiger partial charge in [0.2, 0.25) is 5.16 Å². The Hall–Kier alpha value is -1.56. The molecule has 1 aromatic carbocycles. The molecular formula is C12H14N4OS. The Kier molecular flexibility index (Phi) is 3.19. The van der Waals surface area contributed by atoms with Gasteiger partial charge in [-0.2, -0.15) is 4.68 Å². The number of aromatic nitrogens is 4. The minimum absolute atomic E-state index is 0.832. The van der Waals surface area contributed by atoms with Crippen molar-refractivity contribution in [3.05, 3.63) is 24.3 Å². The molecule has 0 unspecified atom stereocenters. The Morgan fingerprint density at radius 3 is 2.78 bits per heavy atom. The highest BCUT2D eigenvalue weighted by molar-refractivity contribution is 7.99. The molecule has 94 valence electrons. The summed E-state index contributed by atoms with van der Waals surface area (Å²) < 4.78 is 6.91. The van der Waals surface area contributed by atoms with Crippen LogP contribution in [0.2, 0.25) is 0 Å². The standard InChI is InChI=1S/C12H14N4OS/c1-17-11-6-4-10(5-7-11)16-12(13-14-15-16)18-8-9-2-3-9/h4-7,9H,2-3,8H2,1H3. The fourth-order valence-electron chi connectivity index (χ4n) is 1.63. The molecule has 3 rings (SSSR count). The topological polar surface area (TPSA) is 52.8 Å². The van der Waals surface area contributed by atoms with Crippen LogP contribution in [0.25, 0.3) is 5.69 Å².